The Balaban J connectivity index is 0. The van der Waals surface area contributed by atoms with E-state index in [4.69, 9.17) is 9.15 Å². The van der Waals surface area contributed by atoms with Crippen LogP contribution in [0.15, 0.2) is 76.1 Å². The fourth-order valence-electron chi connectivity index (χ4n) is 3.82. The first-order valence-corrected chi connectivity index (χ1v) is 12.5. The average Bonchev–Trinajstić information content (AvgIpc) is 2.96. The fourth-order valence-corrected chi connectivity index (χ4v) is 3.82. The van der Waals surface area contributed by atoms with Crippen LogP contribution in [0.5, 0.6) is 11.5 Å². The minimum absolute atomic E-state index is 0. The van der Waals surface area contributed by atoms with Crippen molar-refractivity contribution in [3.63, 3.8) is 0 Å². The van der Waals surface area contributed by atoms with Crippen LogP contribution in [-0.2, 0) is 0 Å². The van der Waals surface area contributed by atoms with Crippen LogP contribution < -0.4 is 26.3 Å². The number of hydrazone groups is 1. The Labute approximate surface area is 245 Å². The summed E-state index contributed by atoms with van der Waals surface area (Å²) in [5, 5.41) is 17.5. The molecule has 1 aliphatic carbocycles. The van der Waals surface area contributed by atoms with Crippen LogP contribution in [0, 0.1) is 12.8 Å². The van der Waals surface area contributed by atoms with Crippen LogP contribution in [-0.4, -0.2) is 36.5 Å². The van der Waals surface area contributed by atoms with E-state index < -0.39 is 18.0 Å². The number of alkyl halides is 5. The summed E-state index contributed by atoms with van der Waals surface area (Å²) >= 11 is 0. The second kappa shape index (κ2) is 16.9. The summed E-state index contributed by atoms with van der Waals surface area (Å²) in [6, 6.07) is 9.75. The van der Waals surface area contributed by atoms with Gasteiger partial charge in [-0.3, -0.25) is 10.1 Å². The van der Waals surface area contributed by atoms with Gasteiger partial charge in [0.1, 0.15) is 17.3 Å². The molecule has 0 saturated carbocycles. The molecule has 8 nitrogen and oxygen atoms in total. The first kappa shape index (κ1) is 36.7. The van der Waals surface area contributed by atoms with E-state index in [1.54, 1.807) is 12.1 Å². The molecule has 43 heavy (non-hydrogen) atoms. The monoisotopic (exact) mass is 628 g/mol. The van der Waals surface area contributed by atoms with E-state index in [0.29, 0.717) is 41.9 Å². The number of halogens is 8. The first-order chi connectivity index (χ1) is 19.9. The minimum Gasteiger partial charge on any atom is -0.506 e. The lowest BCUT2D eigenvalue weighted by Crippen LogP contribution is -2.41. The normalized spacial score (nSPS) is 15.7. The van der Waals surface area contributed by atoms with Gasteiger partial charge >= 0.3 is 12.3 Å². The maximum Gasteiger partial charge on any atom is 0.499 e. The van der Waals surface area contributed by atoms with Crippen LogP contribution in [0.2, 0.25) is 0 Å². The molecule has 0 heterocycles. The molecule has 1 atom stereocenters. The van der Waals surface area contributed by atoms with E-state index in [1.807, 2.05) is 32.1 Å². The maximum atomic E-state index is 13.0. The van der Waals surface area contributed by atoms with Crippen molar-refractivity contribution in [3.05, 3.63) is 71.6 Å². The van der Waals surface area contributed by atoms with E-state index >= 15 is 0 Å². The number of para-hydroxylation sites is 1. The van der Waals surface area contributed by atoms with Crippen molar-refractivity contribution in [1.82, 2.24) is 10.9 Å². The SMILES string of the molecule is C=N/C(=N\Nc1ccc(OC(F)(F)C(F)(F)F)cc1)C1=CCC(CNN/C(=C/C)Nc2c(C)cccc2O)CC1.F.FF.[HH].[HH]. The van der Waals surface area contributed by atoms with Gasteiger partial charge in [0.15, 0.2) is 5.84 Å². The molecule has 0 fully saturated rings. The third-order valence-corrected chi connectivity index (χ3v) is 6.09. The number of hydrazine groups is 1. The predicted molar refractivity (Wildman–Crippen MR) is 154 cm³/mol. The molecule has 0 amide bonds. The van der Waals surface area contributed by atoms with E-state index in [9.17, 15) is 27.1 Å². The van der Waals surface area contributed by atoms with Gasteiger partial charge in [0.25, 0.3) is 0 Å². The number of aromatic hydroxyl groups is 1. The second-order valence-corrected chi connectivity index (χ2v) is 9.02. The highest BCUT2D eigenvalue weighted by Crippen LogP contribution is 2.37. The molecule has 0 aliphatic heterocycles. The number of anilines is 2. The topological polar surface area (TPSA) is 102 Å². The Morgan fingerprint density at radius 1 is 1.14 bits per heavy atom. The van der Waals surface area contributed by atoms with Crippen LogP contribution in [0.4, 0.5) is 47.2 Å². The zero-order valence-electron chi connectivity index (χ0n) is 23.1. The number of phenolic OH excluding ortho intramolecular Hbond substituents is 1. The Bertz CT molecular complexity index is 1260. The number of rotatable bonds is 11. The van der Waals surface area contributed by atoms with Gasteiger partial charge < -0.3 is 20.6 Å². The smallest absolute Gasteiger partial charge is 0.499 e. The number of aryl methyl sites for hydroxylation is 1. The molecule has 0 saturated heterocycles. The standard InChI is InChI=1S/C27H31F5N6O2.F2.FH.2H2/c1-4-23(35-24-17(2)6-5-7-22(24)39)37-34-16-18-8-10-19(11-9-18)25(33-3)38-36-20-12-14-21(15-13-20)40-27(31,32)26(28,29)30;1-2;;;/h4-7,10,12-15,18,34-37,39H,3,8-9,11,16H2,1-2H3;;3*1H/b23-4+,38-25-;;;;. The van der Waals surface area contributed by atoms with Crippen molar-refractivity contribution in [2.75, 3.05) is 17.3 Å². The quantitative estimate of drug-likeness (QED) is 0.0570. The molecule has 2 aromatic rings. The molecule has 0 spiro atoms. The number of phenols is 1. The lowest BCUT2D eigenvalue weighted by Gasteiger charge is -2.23. The van der Waals surface area contributed by atoms with Crippen molar-refractivity contribution < 1.29 is 48.5 Å². The highest BCUT2D eigenvalue weighted by atomic mass is 20.0. The highest BCUT2D eigenvalue weighted by Gasteiger charge is 2.61. The summed E-state index contributed by atoms with van der Waals surface area (Å²) in [6.45, 7) is 7.99. The van der Waals surface area contributed by atoms with Crippen LogP contribution in [0.3, 0.4) is 0 Å². The van der Waals surface area contributed by atoms with E-state index in [0.717, 1.165) is 36.1 Å². The molecule has 0 bridgehead atoms. The Morgan fingerprint density at radius 3 is 2.35 bits per heavy atom. The summed E-state index contributed by atoms with van der Waals surface area (Å²) in [7, 11) is 0. The van der Waals surface area contributed by atoms with Crippen LogP contribution in [0.1, 0.15) is 34.6 Å². The third-order valence-electron chi connectivity index (χ3n) is 6.09. The molecule has 5 N–H and O–H groups in total. The first-order valence-electron chi connectivity index (χ1n) is 12.5. The number of ether oxygens (including phenoxy) is 1. The lowest BCUT2D eigenvalue weighted by molar-refractivity contribution is -0.360. The van der Waals surface area contributed by atoms with E-state index in [2.05, 4.69) is 43.1 Å². The molecular weight excluding hydrogens is 592 g/mol. The second-order valence-electron chi connectivity index (χ2n) is 9.02. The minimum atomic E-state index is -5.82. The largest absolute Gasteiger partial charge is 0.506 e. The molecule has 242 valence electrons. The zero-order valence-corrected chi connectivity index (χ0v) is 23.1. The van der Waals surface area contributed by atoms with Crippen molar-refractivity contribution in [2.45, 2.75) is 45.4 Å². The van der Waals surface area contributed by atoms with Crippen LogP contribution in [0.25, 0.3) is 0 Å². The fraction of sp³-hybridized carbons (Fsp3) is 0.333. The number of hydrogen-bond donors (Lipinski definition) is 5. The number of benzene rings is 2. The van der Waals surface area contributed by atoms with Crippen molar-refractivity contribution >= 4 is 23.9 Å². The van der Waals surface area contributed by atoms with E-state index in [-0.39, 0.29) is 13.3 Å². The summed E-state index contributed by atoms with van der Waals surface area (Å²) in [5.41, 5.74) is 11.8. The molecule has 1 unspecified atom stereocenters. The van der Waals surface area contributed by atoms with Gasteiger partial charge in [-0.15, -0.1) is 0 Å². The van der Waals surface area contributed by atoms with Crippen molar-refractivity contribution in [1.29, 1.82) is 0 Å². The van der Waals surface area contributed by atoms with Crippen molar-refractivity contribution in [2.24, 2.45) is 16.0 Å². The summed E-state index contributed by atoms with van der Waals surface area (Å²) < 4.78 is 82.8. The van der Waals surface area contributed by atoms with Gasteiger partial charge in [-0.2, -0.15) is 27.1 Å². The Kier molecular flexibility index (Phi) is 14.5. The third kappa shape index (κ3) is 10.8. The Morgan fingerprint density at radius 2 is 1.81 bits per heavy atom. The average molecular weight is 629 g/mol. The molecule has 0 aromatic heterocycles. The maximum absolute atomic E-state index is 13.0. The van der Waals surface area contributed by atoms with E-state index in [1.165, 1.54) is 12.1 Å². The lowest BCUT2D eigenvalue weighted by atomic mass is 9.89. The number of nitrogens with zero attached hydrogens (tertiary/aromatic N) is 2. The Hall–Kier alpha value is -4.34. The molecule has 1 aliphatic rings. The number of allylic oxidation sites excluding steroid dienone is 2. The summed E-state index contributed by atoms with van der Waals surface area (Å²) in [5.74, 6) is 0.899. The van der Waals surface area contributed by atoms with Gasteiger partial charge in [0, 0.05) is 18.5 Å². The molecule has 2 aromatic carbocycles. The van der Waals surface area contributed by atoms with Gasteiger partial charge in [0.2, 0.25) is 0 Å². The molecule has 3 rings (SSSR count). The van der Waals surface area contributed by atoms with Gasteiger partial charge in [-0.25, -0.2) is 10.4 Å². The van der Waals surface area contributed by atoms with Gasteiger partial charge in [-0.1, -0.05) is 18.2 Å². The van der Waals surface area contributed by atoms with Gasteiger partial charge in [-0.05, 0) is 93.3 Å². The van der Waals surface area contributed by atoms with Crippen LogP contribution >= 0.6 is 0 Å². The predicted octanol–water partition coefficient (Wildman–Crippen LogP) is 7.94. The highest BCUT2D eigenvalue weighted by molar-refractivity contribution is 6.01. The summed E-state index contributed by atoms with van der Waals surface area (Å²) in [4.78, 5) is 3.95. The molecule has 0 radical (unpaired) electrons. The summed E-state index contributed by atoms with van der Waals surface area (Å²) in [6.07, 6.45) is -4.95. The number of aliphatic imine (C=N–C) groups is 1. The number of hydrogen-bond acceptors (Lipinski definition) is 7. The number of amidine groups is 1. The number of nitrogens with one attached hydrogen (secondary N) is 4. The van der Waals surface area contributed by atoms with Crippen molar-refractivity contribution in [3.8, 4) is 11.5 Å². The molecular formula is C27H36F8N6O2. The molecule has 16 heteroatoms. The van der Waals surface area contributed by atoms with Gasteiger partial charge in [0.05, 0.1) is 11.4 Å². The zero-order chi connectivity index (χ0) is 31.3.